The van der Waals surface area contributed by atoms with Gasteiger partial charge in [0.1, 0.15) is 17.3 Å². The summed E-state index contributed by atoms with van der Waals surface area (Å²) in [5.41, 5.74) is 2.85. The fourth-order valence-electron chi connectivity index (χ4n) is 4.44. The van der Waals surface area contributed by atoms with Gasteiger partial charge in [0.05, 0.1) is 29.3 Å². The number of imidazole rings is 1. The van der Waals surface area contributed by atoms with Crippen LogP contribution in [0.25, 0.3) is 16.8 Å². The number of aromatic nitrogens is 2. The Morgan fingerprint density at radius 3 is 2.61 bits per heavy atom. The van der Waals surface area contributed by atoms with Crippen LogP contribution in [0.1, 0.15) is 36.1 Å². The summed E-state index contributed by atoms with van der Waals surface area (Å²) in [5.74, 6) is -1.17. The Kier molecular flexibility index (Phi) is 5.93. The highest BCUT2D eigenvalue weighted by atomic mass is 16.5. The fourth-order valence-corrected chi connectivity index (χ4v) is 4.44. The minimum absolute atomic E-state index is 0.0315. The molecule has 0 radical (unpaired) electrons. The zero-order valence-electron chi connectivity index (χ0n) is 19.9. The Balaban J connectivity index is 1.67. The van der Waals surface area contributed by atoms with Gasteiger partial charge in [-0.2, -0.15) is 0 Å². The molecule has 1 unspecified atom stereocenters. The molecular weight excluding hydrogens is 458 g/mol. The van der Waals surface area contributed by atoms with Gasteiger partial charge in [-0.25, -0.2) is 4.98 Å². The second kappa shape index (κ2) is 9.22. The van der Waals surface area contributed by atoms with Crippen molar-refractivity contribution in [2.24, 2.45) is 0 Å². The number of benzene rings is 3. The van der Waals surface area contributed by atoms with Gasteiger partial charge in [-0.3, -0.25) is 14.5 Å². The van der Waals surface area contributed by atoms with E-state index in [-0.39, 0.29) is 23.0 Å². The molecule has 5 rings (SSSR count). The van der Waals surface area contributed by atoms with Crippen LogP contribution in [0, 0.1) is 6.92 Å². The predicted octanol–water partition coefficient (Wildman–Crippen LogP) is 4.99. The van der Waals surface area contributed by atoms with Gasteiger partial charge in [0.2, 0.25) is 5.95 Å². The van der Waals surface area contributed by atoms with Crippen molar-refractivity contribution in [2.75, 3.05) is 11.5 Å². The first-order chi connectivity index (χ1) is 17.4. The molecule has 4 aromatic rings. The highest BCUT2D eigenvalue weighted by molar-refractivity contribution is 6.51. The number of fused-ring (bicyclic) bond motifs is 1. The first-order valence-corrected chi connectivity index (χ1v) is 11.7. The van der Waals surface area contributed by atoms with Gasteiger partial charge in [-0.15, -0.1) is 0 Å². The zero-order chi connectivity index (χ0) is 25.4. The van der Waals surface area contributed by atoms with Gasteiger partial charge >= 0.3 is 5.91 Å². The molecule has 0 bridgehead atoms. The molecule has 8 nitrogen and oxygen atoms in total. The number of ether oxygens (including phenoxy) is 1. The highest BCUT2D eigenvalue weighted by Crippen LogP contribution is 2.42. The minimum Gasteiger partial charge on any atom is -0.508 e. The van der Waals surface area contributed by atoms with Crippen molar-refractivity contribution in [3.63, 3.8) is 0 Å². The van der Waals surface area contributed by atoms with Crippen molar-refractivity contribution in [2.45, 2.75) is 26.3 Å². The summed E-state index contributed by atoms with van der Waals surface area (Å²) in [6.45, 7) is 4.42. The van der Waals surface area contributed by atoms with E-state index in [0.29, 0.717) is 34.5 Å². The lowest BCUT2D eigenvalue weighted by molar-refractivity contribution is -0.132. The average Bonchev–Trinajstić information content (AvgIpc) is 3.41. The monoisotopic (exact) mass is 483 g/mol. The van der Waals surface area contributed by atoms with E-state index in [2.05, 4.69) is 9.97 Å². The van der Waals surface area contributed by atoms with Gasteiger partial charge in [-0.1, -0.05) is 31.2 Å². The van der Waals surface area contributed by atoms with Crippen molar-refractivity contribution >= 4 is 34.4 Å². The molecule has 0 aliphatic carbocycles. The second-order valence-electron chi connectivity index (χ2n) is 8.67. The number of nitrogens with zero attached hydrogens (tertiary/aromatic N) is 2. The van der Waals surface area contributed by atoms with E-state index >= 15 is 0 Å². The Labute approximate surface area is 207 Å². The number of phenols is 1. The molecule has 182 valence electrons. The third kappa shape index (κ3) is 3.96. The van der Waals surface area contributed by atoms with Gasteiger partial charge in [0, 0.05) is 5.56 Å². The van der Waals surface area contributed by atoms with E-state index in [9.17, 15) is 19.8 Å². The smallest absolute Gasteiger partial charge is 0.302 e. The summed E-state index contributed by atoms with van der Waals surface area (Å²) >= 11 is 0. The molecule has 3 N–H and O–H groups in total. The maximum absolute atomic E-state index is 13.3. The number of carbonyl (C=O) groups is 2. The number of rotatable bonds is 6. The number of nitrogens with one attached hydrogen (secondary N) is 1. The first kappa shape index (κ1) is 23.2. The van der Waals surface area contributed by atoms with E-state index in [0.717, 1.165) is 12.0 Å². The quantitative estimate of drug-likeness (QED) is 0.202. The Morgan fingerprint density at radius 1 is 1.08 bits per heavy atom. The molecule has 1 atom stereocenters. The molecule has 1 aromatic heterocycles. The maximum Gasteiger partial charge on any atom is 0.302 e. The van der Waals surface area contributed by atoms with Crippen molar-refractivity contribution in [1.82, 2.24) is 9.97 Å². The van der Waals surface area contributed by atoms with Crippen LogP contribution in [0.3, 0.4) is 0 Å². The molecule has 36 heavy (non-hydrogen) atoms. The molecule has 1 saturated heterocycles. The van der Waals surface area contributed by atoms with Crippen LogP contribution >= 0.6 is 0 Å². The number of H-pyrrole nitrogens is 1. The summed E-state index contributed by atoms with van der Waals surface area (Å²) < 4.78 is 5.72. The summed E-state index contributed by atoms with van der Waals surface area (Å²) in [6, 6.07) is 17.6. The molecule has 1 aliphatic heterocycles. The number of aliphatic hydroxyl groups excluding tert-OH is 1. The molecule has 2 heterocycles. The first-order valence-electron chi connectivity index (χ1n) is 11.7. The molecule has 8 heteroatoms. The number of hydrogen-bond acceptors (Lipinski definition) is 6. The SMILES string of the molecule is CCCOc1ccc(/C(O)=C2\C(=O)C(=O)N(c3nc4ccccc4[nH]3)C2c2cccc(O)c2)cc1C. The molecule has 1 aliphatic rings. The average molecular weight is 484 g/mol. The third-order valence-electron chi connectivity index (χ3n) is 6.15. The number of aliphatic hydroxyl groups is 1. The lowest BCUT2D eigenvalue weighted by Gasteiger charge is -2.23. The van der Waals surface area contributed by atoms with Crippen LogP contribution in [-0.4, -0.2) is 38.5 Å². The highest BCUT2D eigenvalue weighted by Gasteiger charge is 2.48. The van der Waals surface area contributed by atoms with Crippen LogP contribution in [0.4, 0.5) is 5.95 Å². The van der Waals surface area contributed by atoms with E-state index in [1.807, 2.05) is 32.0 Å². The number of ketones is 1. The fraction of sp³-hybridized carbons (Fsp3) is 0.179. The third-order valence-corrected chi connectivity index (χ3v) is 6.15. The summed E-state index contributed by atoms with van der Waals surface area (Å²) in [4.78, 5) is 35.5. The molecule has 0 spiro atoms. The number of amides is 1. The topological polar surface area (TPSA) is 116 Å². The summed E-state index contributed by atoms with van der Waals surface area (Å²) in [6.07, 6.45) is 0.857. The Hall–Kier alpha value is -4.59. The lowest BCUT2D eigenvalue weighted by Crippen LogP contribution is -2.30. The summed E-state index contributed by atoms with van der Waals surface area (Å²) in [7, 11) is 0. The van der Waals surface area contributed by atoms with Gasteiger partial charge in [0.25, 0.3) is 5.78 Å². The van der Waals surface area contributed by atoms with Crippen molar-refractivity contribution in [3.05, 3.63) is 89.0 Å². The molecule has 0 saturated carbocycles. The largest absolute Gasteiger partial charge is 0.508 e. The molecule has 1 amide bonds. The minimum atomic E-state index is -1.01. The number of carbonyl (C=O) groups excluding carboxylic acids is 2. The Morgan fingerprint density at radius 2 is 1.89 bits per heavy atom. The number of hydrogen-bond donors (Lipinski definition) is 3. The molecule has 3 aromatic carbocycles. The summed E-state index contributed by atoms with van der Waals surface area (Å²) in [5, 5.41) is 21.5. The normalized spacial score (nSPS) is 17.2. The van der Waals surface area contributed by atoms with Crippen LogP contribution < -0.4 is 9.64 Å². The van der Waals surface area contributed by atoms with Crippen LogP contribution in [0.15, 0.2) is 72.3 Å². The maximum atomic E-state index is 13.3. The second-order valence-corrected chi connectivity index (χ2v) is 8.67. The number of aromatic hydroxyl groups is 1. The van der Waals surface area contributed by atoms with Crippen LogP contribution in [0.2, 0.25) is 0 Å². The lowest BCUT2D eigenvalue weighted by atomic mass is 9.94. The van der Waals surface area contributed by atoms with Crippen molar-refractivity contribution in [1.29, 1.82) is 0 Å². The van der Waals surface area contributed by atoms with Crippen LogP contribution in [0.5, 0.6) is 11.5 Å². The number of aryl methyl sites for hydroxylation is 1. The van der Waals surface area contributed by atoms with Crippen molar-refractivity contribution < 1.29 is 24.5 Å². The Bertz CT molecular complexity index is 1490. The number of Topliss-reactive ketones (excluding diaryl/α,β-unsaturated/α-hetero) is 1. The number of anilines is 1. The zero-order valence-corrected chi connectivity index (χ0v) is 19.9. The van der Waals surface area contributed by atoms with Gasteiger partial charge in [-0.05, 0) is 66.9 Å². The van der Waals surface area contributed by atoms with E-state index in [4.69, 9.17) is 4.74 Å². The molecular formula is C28H25N3O5. The van der Waals surface area contributed by atoms with Crippen molar-refractivity contribution in [3.8, 4) is 11.5 Å². The molecule has 1 fully saturated rings. The van der Waals surface area contributed by atoms with Gasteiger partial charge < -0.3 is 19.9 Å². The number of para-hydroxylation sites is 2. The van der Waals surface area contributed by atoms with Gasteiger partial charge in [0.15, 0.2) is 0 Å². The standard InChI is InChI=1S/C28H25N3O5/c1-3-13-36-22-12-11-18(14-16(22)2)25(33)23-24(17-7-6-8-19(32)15-17)31(27(35)26(23)34)28-29-20-9-4-5-10-21(20)30-28/h4-12,14-15,24,32-33H,3,13H2,1-2H3,(H,29,30)/b25-23+. The van der Waals surface area contributed by atoms with E-state index in [1.165, 1.54) is 17.0 Å². The van der Waals surface area contributed by atoms with Crippen LogP contribution in [-0.2, 0) is 9.59 Å². The number of aromatic amines is 1. The predicted molar refractivity (Wildman–Crippen MR) is 136 cm³/mol. The van der Waals surface area contributed by atoms with E-state index in [1.54, 1.807) is 36.4 Å². The number of phenolic OH excluding ortho intramolecular Hbond substituents is 1. The van der Waals surface area contributed by atoms with E-state index < -0.39 is 17.7 Å².